The van der Waals surface area contributed by atoms with E-state index in [9.17, 15) is 14.7 Å². The van der Waals surface area contributed by atoms with E-state index in [1.807, 2.05) is 56.3 Å². The third-order valence-corrected chi connectivity index (χ3v) is 9.76. The monoisotopic (exact) mass is 546 g/mol. The molecule has 0 amide bonds. The number of carbonyl (C=O) groups excluding carboxylic acids is 2. The van der Waals surface area contributed by atoms with Gasteiger partial charge in [0.05, 0.1) is 6.10 Å². The van der Waals surface area contributed by atoms with Gasteiger partial charge in [0, 0.05) is 42.3 Å². The minimum atomic E-state index is -0.878. The number of methoxy groups -OCH3 is 1. The fourth-order valence-corrected chi connectivity index (χ4v) is 7.76. The van der Waals surface area contributed by atoms with Gasteiger partial charge in [0.25, 0.3) is 0 Å². The van der Waals surface area contributed by atoms with Crippen LogP contribution in [0, 0.1) is 29.6 Å². The van der Waals surface area contributed by atoms with Gasteiger partial charge in [0.2, 0.25) is 0 Å². The molecule has 2 aliphatic heterocycles. The van der Waals surface area contributed by atoms with E-state index in [2.05, 4.69) is 25.2 Å². The highest BCUT2D eigenvalue weighted by molar-refractivity contribution is 5.90. The van der Waals surface area contributed by atoms with Crippen LogP contribution < -0.4 is 0 Å². The molecule has 7 heteroatoms. The van der Waals surface area contributed by atoms with Crippen molar-refractivity contribution in [3.05, 3.63) is 83.5 Å². The fourth-order valence-electron chi connectivity index (χ4n) is 7.76. The summed E-state index contributed by atoms with van der Waals surface area (Å²) in [5.41, 5.74) is 1.62. The molecule has 212 valence electrons. The van der Waals surface area contributed by atoms with E-state index in [1.165, 1.54) is 7.11 Å². The Morgan fingerprint density at radius 2 is 1.93 bits per heavy atom. The second-order valence-corrected chi connectivity index (χ2v) is 12.0. The van der Waals surface area contributed by atoms with Gasteiger partial charge in [-0.25, -0.2) is 9.59 Å². The normalized spacial score (nSPS) is 43.3. The lowest BCUT2D eigenvalue weighted by Gasteiger charge is -2.48. The summed E-state index contributed by atoms with van der Waals surface area (Å²) in [5.74, 6) is -1.90. The van der Waals surface area contributed by atoms with Gasteiger partial charge >= 0.3 is 11.9 Å². The number of aliphatic hydroxyl groups is 1. The summed E-state index contributed by atoms with van der Waals surface area (Å²) in [6, 6.07) is 9.73. The number of cyclic esters (lactones) is 1. The SMILES string of the molecule is CO[C@H]1C[C@H]2C=C[C@H]3[C@H]4O[C@]2(/C(C)=C/[C@@H](C)[C@H](c2ccccc2)OC1=O)[C@@H]3[C@H](O)[C@@H](C)[C@H]4OC(=O)C1=CC=CC1. The maximum absolute atomic E-state index is 13.4. The molecule has 0 unspecified atom stereocenters. The molecule has 4 bridgehead atoms. The maximum atomic E-state index is 13.4. The summed E-state index contributed by atoms with van der Waals surface area (Å²) in [4.78, 5) is 26.5. The predicted octanol–water partition coefficient (Wildman–Crippen LogP) is 4.64. The topological polar surface area (TPSA) is 91.3 Å². The van der Waals surface area contributed by atoms with E-state index >= 15 is 0 Å². The van der Waals surface area contributed by atoms with E-state index in [0.29, 0.717) is 18.4 Å². The fraction of sp³-hybridized carbons (Fsp3) is 0.515. The lowest BCUT2D eigenvalue weighted by Crippen LogP contribution is -2.57. The largest absolute Gasteiger partial charge is 0.456 e. The van der Waals surface area contributed by atoms with Gasteiger partial charge < -0.3 is 24.1 Å². The first-order valence-corrected chi connectivity index (χ1v) is 14.3. The van der Waals surface area contributed by atoms with Crippen LogP contribution in [0.2, 0.25) is 0 Å². The molecule has 1 saturated heterocycles. The minimum Gasteiger partial charge on any atom is -0.456 e. The van der Waals surface area contributed by atoms with Gasteiger partial charge in [-0.1, -0.05) is 80.6 Å². The number of hydrogen-bond acceptors (Lipinski definition) is 7. The highest BCUT2D eigenvalue weighted by atomic mass is 16.6. The summed E-state index contributed by atoms with van der Waals surface area (Å²) in [6.07, 6.45) is 9.66. The molecular weight excluding hydrogens is 508 g/mol. The van der Waals surface area contributed by atoms with Crippen molar-refractivity contribution in [3.8, 4) is 0 Å². The molecule has 1 aromatic carbocycles. The van der Waals surface area contributed by atoms with Crippen LogP contribution in [0.5, 0.6) is 0 Å². The van der Waals surface area contributed by atoms with E-state index in [0.717, 1.165) is 11.1 Å². The Hall–Kier alpha value is -3.00. The van der Waals surface area contributed by atoms with Gasteiger partial charge in [-0.2, -0.15) is 0 Å². The van der Waals surface area contributed by atoms with Crippen molar-refractivity contribution in [3.63, 3.8) is 0 Å². The Labute approximate surface area is 235 Å². The van der Waals surface area contributed by atoms with Crippen LogP contribution in [0.3, 0.4) is 0 Å². The van der Waals surface area contributed by atoms with Gasteiger partial charge in [-0.15, -0.1) is 0 Å². The van der Waals surface area contributed by atoms with Gasteiger partial charge in [-0.3, -0.25) is 0 Å². The molecular formula is C33H38O7. The van der Waals surface area contributed by atoms with Crippen LogP contribution in [-0.4, -0.2) is 54.2 Å². The van der Waals surface area contributed by atoms with Crippen molar-refractivity contribution < 1.29 is 33.6 Å². The Morgan fingerprint density at radius 3 is 2.62 bits per heavy atom. The van der Waals surface area contributed by atoms with E-state index in [-0.39, 0.29) is 35.6 Å². The van der Waals surface area contributed by atoms with Gasteiger partial charge in [0.1, 0.15) is 23.9 Å². The van der Waals surface area contributed by atoms with Crippen LogP contribution in [-0.2, 0) is 28.5 Å². The number of ether oxygens (including phenoxy) is 4. The molecule has 5 aliphatic rings. The first-order chi connectivity index (χ1) is 19.3. The van der Waals surface area contributed by atoms with Crippen LogP contribution >= 0.6 is 0 Å². The number of carbonyl (C=O) groups is 2. The summed E-state index contributed by atoms with van der Waals surface area (Å²) in [5, 5.41) is 11.8. The molecule has 2 fully saturated rings. The van der Waals surface area contributed by atoms with Crippen LogP contribution in [0.1, 0.15) is 45.3 Å². The number of rotatable bonds is 4. The first kappa shape index (κ1) is 27.2. The molecule has 3 aliphatic carbocycles. The first-order valence-electron chi connectivity index (χ1n) is 14.3. The molecule has 1 spiro atoms. The number of benzene rings is 1. The van der Waals surface area contributed by atoms with E-state index in [1.54, 1.807) is 6.08 Å². The van der Waals surface area contributed by atoms with Crippen molar-refractivity contribution in [2.24, 2.45) is 29.6 Å². The zero-order valence-electron chi connectivity index (χ0n) is 23.4. The summed E-state index contributed by atoms with van der Waals surface area (Å²) in [6.45, 7) is 6.03. The Kier molecular flexibility index (Phi) is 7.09. The molecule has 0 radical (unpaired) electrons. The molecule has 1 N–H and O–H groups in total. The zero-order chi connectivity index (χ0) is 28.2. The number of hydrogen-bond donors (Lipinski definition) is 1. The predicted molar refractivity (Wildman–Crippen MR) is 148 cm³/mol. The third kappa shape index (κ3) is 4.21. The Balaban J connectivity index is 1.41. The second kappa shape index (κ2) is 10.4. The smallest absolute Gasteiger partial charge is 0.335 e. The number of aliphatic hydroxyl groups excluding tert-OH is 1. The molecule has 11 atom stereocenters. The lowest BCUT2D eigenvalue weighted by molar-refractivity contribution is -0.169. The van der Waals surface area contributed by atoms with Crippen molar-refractivity contribution in [2.45, 2.75) is 69.7 Å². The minimum absolute atomic E-state index is 0.129. The molecule has 7 nitrogen and oxygen atoms in total. The van der Waals surface area contributed by atoms with E-state index < -0.39 is 42.1 Å². The Bertz CT molecular complexity index is 1280. The molecule has 1 aromatic rings. The van der Waals surface area contributed by atoms with Crippen molar-refractivity contribution >= 4 is 11.9 Å². The molecule has 6 rings (SSSR count). The van der Waals surface area contributed by atoms with Crippen molar-refractivity contribution in [1.82, 2.24) is 0 Å². The average molecular weight is 547 g/mol. The molecule has 2 heterocycles. The summed E-state index contributed by atoms with van der Waals surface area (Å²) >= 11 is 0. The zero-order valence-corrected chi connectivity index (χ0v) is 23.4. The molecule has 1 saturated carbocycles. The summed E-state index contributed by atoms with van der Waals surface area (Å²) in [7, 11) is 1.52. The average Bonchev–Trinajstić information content (AvgIpc) is 3.56. The lowest BCUT2D eigenvalue weighted by atomic mass is 9.57. The van der Waals surface area contributed by atoms with Gasteiger partial charge in [-0.05, 0) is 30.9 Å². The second-order valence-electron chi connectivity index (χ2n) is 12.0. The van der Waals surface area contributed by atoms with Gasteiger partial charge in [0.15, 0.2) is 6.10 Å². The van der Waals surface area contributed by atoms with Crippen LogP contribution in [0.15, 0.2) is 77.9 Å². The number of esters is 2. The quantitative estimate of drug-likeness (QED) is 0.435. The van der Waals surface area contributed by atoms with Crippen molar-refractivity contribution in [2.75, 3.05) is 7.11 Å². The molecule has 0 aromatic heterocycles. The highest BCUT2D eigenvalue weighted by Crippen LogP contribution is 2.61. The third-order valence-electron chi connectivity index (χ3n) is 9.76. The molecule has 40 heavy (non-hydrogen) atoms. The van der Waals surface area contributed by atoms with Crippen molar-refractivity contribution in [1.29, 1.82) is 0 Å². The summed E-state index contributed by atoms with van der Waals surface area (Å²) < 4.78 is 24.9. The van der Waals surface area contributed by atoms with E-state index in [4.69, 9.17) is 18.9 Å². The standard InChI is InChI=1S/C33H38O7/c1-18-16-19(2)33-23(17-25(37-4)32(36)38-28(18)21-10-6-5-7-11-21)14-15-24-26(33)27(34)20(3)29(30(24)40-33)39-31(35)22-12-8-9-13-22/h5-12,14-16,18,20,23-30,34H,13,17H2,1-4H3/b19-16+/t18-,20-,23-,24-,25+,26+,27-,28-,29-,30-,33+/m1/s1. The maximum Gasteiger partial charge on any atom is 0.335 e. The Morgan fingerprint density at radius 1 is 1.15 bits per heavy atom. The number of allylic oxidation sites excluding steroid dienone is 3. The highest BCUT2D eigenvalue weighted by Gasteiger charge is 2.69. The van der Waals surface area contributed by atoms with Crippen LogP contribution in [0.4, 0.5) is 0 Å². The van der Waals surface area contributed by atoms with Crippen LogP contribution in [0.25, 0.3) is 0 Å².